The molecule has 0 heterocycles. The number of carbonyl (C=O) groups excluding carboxylic acids is 1. The van der Waals surface area contributed by atoms with E-state index in [-0.39, 0.29) is 5.91 Å². The molecule has 98 valence electrons. The van der Waals surface area contributed by atoms with E-state index in [4.69, 9.17) is 5.73 Å². The molecule has 0 aliphatic heterocycles. The second-order valence-corrected chi connectivity index (χ2v) is 5.50. The van der Waals surface area contributed by atoms with Gasteiger partial charge in [0, 0.05) is 12.6 Å². The highest BCUT2D eigenvalue weighted by Crippen LogP contribution is 2.24. The van der Waals surface area contributed by atoms with Crippen LogP contribution in [0.15, 0.2) is 18.2 Å². The highest BCUT2D eigenvalue weighted by atomic mass is 16.1. The molecule has 3 N–H and O–H groups in total. The summed E-state index contributed by atoms with van der Waals surface area (Å²) in [5.74, 6) is 0.697. The van der Waals surface area contributed by atoms with Crippen LogP contribution in [0.3, 0.4) is 0 Å². The quantitative estimate of drug-likeness (QED) is 0.849. The van der Waals surface area contributed by atoms with Crippen molar-refractivity contribution in [1.29, 1.82) is 0 Å². The summed E-state index contributed by atoms with van der Waals surface area (Å²) in [6.45, 7) is 4.93. The van der Waals surface area contributed by atoms with Crippen molar-refractivity contribution in [1.82, 2.24) is 5.32 Å². The Balaban J connectivity index is 1.78. The first-order valence-electron chi connectivity index (χ1n) is 6.63. The maximum atomic E-state index is 11.8. The van der Waals surface area contributed by atoms with Crippen molar-refractivity contribution < 1.29 is 4.79 Å². The molecule has 0 spiro atoms. The Labute approximate surface area is 109 Å². The van der Waals surface area contributed by atoms with Gasteiger partial charge in [-0.25, -0.2) is 0 Å². The minimum absolute atomic E-state index is 0.110. The highest BCUT2D eigenvalue weighted by Gasteiger charge is 2.25. The van der Waals surface area contributed by atoms with Crippen molar-refractivity contribution in [2.45, 2.75) is 39.2 Å². The number of hydrogen-bond acceptors (Lipinski definition) is 2. The van der Waals surface area contributed by atoms with Gasteiger partial charge in [-0.2, -0.15) is 0 Å². The van der Waals surface area contributed by atoms with Crippen LogP contribution in [-0.4, -0.2) is 18.5 Å². The number of aryl methyl sites for hydroxylation is 2. The molecule has 1 aliphatic rings. The molecule has 0 radical (unpaired) electrons. The lowest BCUT2D eigenvalue weighted by Crippen LogP contribution is -2.42. The molecule has 0 bridgehead atoms. The first-order valence-corrected chi connectivity index (χ1v) is 6.63. The number of rotatable bonds is 4. The summed E-state index contributed by atoms with van der Waals surface area (Å²) in [6.07, 6.45) is 2.56. The average molecular weight is 246 g/mol. The van der Waals surface area contributed by atoms with E-state index in [1.54, 1.807) is 0 Å². The van der Waals surface area contributed by atoms with Gasteiger partial charge in [-0.3, -0.25) is 4.79 Å². The van der Waals surface area contributed by atoms with E-state index in [1.807, 2.05) is 6.07 Å². The predicted octanol–water partition coefficient (Wildman–Crippen LogP) is 1.70. The minimum atomic E-state index is 0.110. The van der Waals surface area contributed by atoms with E-state index < -0.39 is 0 Å². The third-order valence-electron chi connectivity index (χ3n) is 3.80. The molecule has 1 aliphatic carbocycles. The molecule has 0 unspecified atom stereocenters. The van der Waals surface area contributed by atoms with E-state index in [9.17, 15) is 4.79 Å². The third-order valence-corrected chi connectivity index (χ3v) is 3.80. The predicted molar refractivity (Wildman–Crippen MR) is 73.3 cm³/mol. The van der Waals surface area contributed by atoms with Crippen LogP contribution in [0.5, 0.6) is 0 Å². The van der Waals surface area contributed by atoms with Gasteiger partial charge in [-0.05, 0) is 49.3 Å². The van der Waals surface area contributed by atoms with Gasteiger partial charge in [0.1, 0.15) is 0 Å². The largest absolute Gasteiger partial charge is 0.356 e. The summed E-state index contributed by atoms with van der Waals surface area (Å²) >= 11 is 0. The fourth-order valence-corrected chi connectivity index (χ4v) is 2.37. The number of nitrogens with one attached hydrogen (secondary N) is 1. The lowest BCUT2D eigenvalue weighted by Gasteiger charge is -2.32. The van der Waals surface area contributed by atoms with Crippen LogP contribution in [-0.2, 0) is 11.2 Å². The van der Waals surface area contributed by atoms with E-state index >= 15 is 0 Å². The van der Waals surface area contributed by atoms with Crippen LogP contribution in [0, 0.1) is 19.8 Å². The minimum Gasteiger partial charge on any atom is -0.356 e. The summed E-state index contributed by atoms with van der Waals surface area (Å²) in [6, 6.07) is 6.55. The van der Waals surface area contributed by atoms with Crippen LogP contribution >= 0.6 is 0 Å². The molecule has 18 heavy (non-hydrogen) atoms. The van der Waals surface area contributed by atoms with Crippen molar-refractivity contribution in [2.24, 2.45) is 11.7 Å². The van der Waals surface area contributed by atoms with Gasteiger partial charge in [0.15, 0.2) is 0 Å². The normalized spacial score (nSPS) is 22.4. The molecule has 3 heteroatoms. The zero-order chi connectivity index (χ0) is 13.1. The van der Waals surface area contributed by atoms with E-state index in [0.29, 0.717) is 18.4 Å². The van der Waals surface area contributed by atoms with Gasteiger partial charge in [0.05, 0.1) is 6.42 Å². The van der Waals surface area contributed by atoms with Crippen LogP contribution in [0.1, 0.15) is 29.5 Å². The van der Waals surface area contributed by atoms with Gasteiger partial charge >= 0.3 is 0 Å². The van der Waals surface area contributed by atoms with E-state index in [0.717, 1.165) is 24.9 Å². The molecule has 2 rings (SSSR count). The Morgan fingerprint density at radius 2 is 2.06 bits per heavy atom. The molecule has 1 fully saturated rings. The molecular formula is C15H22N2O. The Bertz CT molecular complexity index is 436. The molecule has 1 aromatic carbocycles. The molecular weight excluding hydrogens is 224 g/mol. The Morgan fingerprint density at radius 3 is 2.67 bits per heavy atom. The van der Waals surface area contributed by atoms with Crippen LogP contribution < -0.4 is 11.1 Å². The van der Waals surface area contributed by atoms with Crippen LogP contribution in [0.4, 0.5) is 0 Å². The SMILES string of the molecule is Cc1ccc(CC(=O)NCC2CC(N)C2)cc1C. The van der Waals surface area contributed by atoms with Crippen molar-refractivity contribution in [3.8, 4) is 0 Å². The summed E-state index contributed by atoms with van der Waals surface area (Å²) < 4.78 is 0. The van der Waals surface area contributed by atoms with Crippen molar-refractivity contribution in [3.63, 3.8) is 0 Å². The number of amides is 1. The zero-order valence-corrected chi connectivity index (χ0v) is 11.2. The maximum absolute atomic E-state index is 11.8. The summed E-state index contributed by atoms with van der Waals surface area (Å²) in [5, 5.41) is 2.99. The average Bonchev–Trinajstić information content (AvgIpc) is 2.28. The van der Waals surface area contributed by atoms with E-state index in [1.165, 1.54) is 11.1 Å². The molecule has 3 nitrogen and oxygen atoms in total. The van der Waals surface area contributed by atoms with Gasteiger partial charge < -0.3 is 11.1 Å². The number of benzene rings is 1. The van der Waals surface area contributed by atoms with Crippen molar-refractivity contribution in [3.05, 3.63) is 34.9 Å². The summed E-state index contributed by atoms with van der Waals surface area (Å²) in [4.78, 5) is 11.8. The zero-order valence-electron chi connectivity index (χ0n) is 11.2. The molecule has 1 aromatic rings. The highest BCUT2D eigenvalue weighted by molar-refractivity contribution is 5.78. The molecule has 0 saturated heterocycles. The fourth-order valence-electron chi connectivity index (χ4n) is 2.37. The smallest absolute Gasteiger partial charge is 0.224 e. The van der Waals surface area contributed by atoms with Crippen molar-refractivity contribution in [2.75, 3.05) is 6.54 Å². The topological polar surface area (TPSA) is 55.1 Å². The lowest BCUT2D eigenvalue weighted by atomic mass is 9.81. The van der Waals surface area contributed by atoms with Gasteiger partial charge in [0.2, 0.25) is 5.91 Å². The second-order valence-electron chi connectivity index (χ2n) is 5.50. The number of hydrogen-bond donors (Lipinski definition) is 2. The first-order chi connectivity index (χ1) is 8.54. The second kappa shape index (κ2) is 5.53. The van der Waals surface area contributed by atoms with Crippen molar-refractivity contribution >= 4 is 5.91 Å². The Morgan fingerprint density at radius 1 is 1.33 bits per heavy atom. The summed E-state index contributed by atoms with van der Waals surface area (Å²) in [7, 11) is 0. The monoisotopic (exact) mass is 246 g/mol. The summed E-state index contributed by atoms with van der Waals surface area (Å²) in [5.41, 5.74) is 9.31. The lowest BCUT2D eigenvalue weighted by molar-refractivity contribution is -0.120. The van der Waals surface area contributed by atoms with Gasteiger partial charge in [-0.1, -0.05) is 18.2 Å². The number of carbonyl (C=O) groups is 1. The van der Waals surface area contributed by atoms with Gasteiger partial charge in [-0.15, -0.1) is 0 Å². The van der Waals surface area contributed by atoms with Crippen LogP contribution in [0.25, 0.3) is 0 Å². The maximum Gasteiger partial charge on any atom is 0.224 e. The Hall–Kier alpha value is -1.35. The fraction of sp³-hybridized carbons (Fsp3) is 0.533. The molecule has 0 aromatic heterocycles. The Kier molecular flexibility index (Phi) is 4.02. The number of nitrogens with two attached hydrogens (primary N) is 1. The van der Waals surface area contributed by atoms with E-state index in [2.05, 4.69) is 31.3 Å². The standard InChI is InChI=1S/C15H22N2O/c1-10-3-4-12(5-11(10)2)8-15(18)17-9-13-6-14(16)7-13/h3-5,13-14H,6-9,16H2,1-2H3,(H,17,18). The molecule has 1 saturated carbocycles. The first kappa shape index (κ1) is 13.1. The van der Waals surface area contributed by atoms with Crippen LogP contribution in [0.2, 0.25) is 0 Å². The molecule has 0 atom stereocenters. The molecule has 1 amide bonds. The third kappa shape index (κ3) is 3.33. The van der Waals surface area contributed by atoms with Gasteiger partial charge in [0.25, 0.3) is 0 Å².